The van der Waals surface area contributed by atoms with Crippen LogP contribution in [0.15, 0.2) is 12.2 Å². The van der Waals surface area contributed by atoms with E-state index < -0.39 is 0 Å². The first kappa shape index (κ1) is 13.7. The largest absolute Gasteiger partial charge is 0.0885 e. The third kappa shape index (κ3) is 11.7. The fraction of sp³-hybridized carbons (Fsp3) is 0.786. The first-order valence-electron chi connectivity index (χ1n) is 6.21. The van der Waals surface area contributed by atoms with E-state index >= 15 is 0 Å². The van der Waals surface area contributed by atoms with Crippen molar-refractivity contribution in [2.75, 3.05) is 0 Å². The summed E-state index contributed by atoms with van der Waals surface area (Å²) in [4.78, 5) is 0. The average Bonchev–Trinajstić information content (AvgIpc) is 2.15. The molecule has 0 saturated heterocycles. The van der Waals surface area contributed by atoms with Gasteiger partial charge in [0.05, 0.1) is 0 Å². The minimum atomic E-state index is 1.26. The molecule has 0 atom stereocenters. The maximum atomic E-state index is 2.36. The highest BCUT2D eigenvalue weighted by Crippen LogP contribution is 2.09. The molecule has 14 heavy (non-hydrogen) atoms. The second kappa shape index (κ2) is 10.8. The molecule has 0 unspecified atom stereocenters. The molecule has 0 aromatic heterocycles. The Kier molecular flexibility index (Phi) is 10.6. The first-order chi connectivity index (χ1) is 6.77. The van der Waals surface area contributed by atoms with Gasteiger partial charge in [-0.05, 0) is 38.0 Å². The number of rotatable bonds is 9. The summed E-state index contributed by atoms with van der Waals surface area (Å²) >= 11 is 0. The van der Waals surface area contributed by atoms with Crippen molar-refractivity contribution < 1.29 is 0 Å². The van der Waals surface area contributed by atoms with Gasteiger partial charge >= 0.3 is 0 Å². The predicted molar refractivity (Wildman–Crippen MR) is 66.3 cm³/mol. The van der Waals surface area contributed by atoms with Crippen LogP contribution in [-0.2, 0) is 0 Å². The highest BCUT2D eigenvalue weighted by molar-refractivity contribution is 4.84. The van der Waals surface area contributed by atoms with Crippen LogP contribution in [0.1, 0.15) is 72.1 Å². The highest BCUT2D eigenvalue weighted by Gasteiger charge is 1.91. The van der Waals surface area contributed by atoms with Crippen LogP contribution in [0.3, 0.4) is 0 Å². The van der Waals surface area contributed by atoms with E-state index in [2.05, 4.69) is 32.9 Å². The molecule has 0 aliphatic carbocycles. The summed E-state index contributed by atoms with van der Waals surface area (Å²) in [5.74, 6) is 1.56. The van der Waals surface area contributed by atoms with Gasteiger partial charge in [0.1, 0.15) is 0 Å². The van der Waals surface area contributed by atoms with E-state index in [1.54, 1.807) is 5.92 Å². The molecule has 0 spiro atoms. The number of hydrogen-bond donors (Lipinski definition) is 0. The Labute approximate surface area is 90.8 Å². The Bertz CT molecular complexity index is 122. The van der Waals surface area contributed by atoms with E-state index in [1.165, 1.54) is 51.4 Å². The quantitative estimate of drug-likeness (QED) is 0.346. The molecule has 0 N–H and O–H groups in total. The van der Waals surface area contributed by atoms with Crippen molar-refractivity contribution in [3.8, 4) is 0 Å². The lowest BCUT2D eigenvalue weighted by atomic mass is 10.1. The second-order valence-corrected chi connectivity index (χ2v) is 4.42. The van der Waals surface area contributed by atoms with E-state index in [1.807, 2.05) is 0 Å². The van der Waals surface area contributed by atoms with Crippen molar-refractivity contribution in [2.45, 2.75) is 72.1 Å². The number of allylic oxidation sites excluding steroid dienone is 2. The molecule has 0 aromatic carbocycles. The fourth-order valence-electron chi connectivity index (χ4n) is 1.50. The summed E-state index contributed by atoms with van der Waals surface area (Å²) in [6, 6.07) is 0. The zero-order chi connectivity index (χ0) is 10.6. The smallest absolute Gasteiger partial charge is 0.0303 e. The highest BCUT2D eigenvalue weighted by atomic mass is 14.0. The minimum absolute atomic E-state index is 1.26. The summed E-state index contributed by atoms with van der Waals surface area (Å²) in [6.45, 7) is 6.70. The van der Waals surface area contributed by atoms with Crippen LogP contribution in [0.2, 0.25) is 0 Å². The van der Waals surface area contributed by atoms with Crippen molar-refractivity contribution >= 4 is 0 Å². The minimum Gasteiger partial charge on any atom is -0.0885 e. The fourth-order valence-corrected chi connectivity index (χ4v) is 1.50. The molecular weight excluding hydrogens is 168 g/mol. The molecule has 0 fully saturated rings. The predicted octanol–water partition coefficient (Wildman–Crippen LogP) is 5.30. The lowest BCUT2D eigenvalue weighted by Crippen LogP contribution is -1.82. The Hall–Kier alpha value is -0.260. The first-order valence-corrected chi connectivity index (χ1v) is 6.21. The normalized spacial score (nSPS) is 11.7. The summed E-state index contributed by atoms with van der Waals surface area (Å²) in [5.41, 5.74) is 0. The molecule has 0 aliphatic heterocycles. The summed E-state index contributed by atoms with van der Waals surface area (Å²) in [7, 11) is 0. The zero-order valence-electron chi connectivity index (χ0n) is 10.3. The standard InChI is InChI=1S/C14H27/c1-4-5-6-7-8-9-10-11-12-13-14(2)3/h9-10H,4-8,11-13H2,1-3H3. The van der Waals surface area contributed by atoms with Gasteiger partial charge in [-0.15, -0.1) is 0 Å². The van der Waals surface area contributed by atoms with Crippen molar-refractivity contribution in [2.24, 2.45) is 0 Å². The third-order valence-corrected chi connectivity index (χ3v) is 2.44. The van der Waals surface area contributed by atoms with Crippen LogP contribution in [0.5, 0.6) is 0 Å². The molecule has 0 heterocycles. The van der Waals surface area contributed by atoms with Crippen molar-refractivity contribution in [3.63, 3.8) is 0 Å². The summed E-state index contributed by atoms with van der Waals surface area (Å²) in [6.07, 6.45) is 15.4. The van der Waals surface area contributed by atoms with Crippen LogP contribution in [0.25, 0.3) is 0 Å². The lowest BCUT2D eigenvalue weighted by molar-refractivity contribution is 0.673. The second-order valence-electron chi connectivity index (χ2n) is 4.42. The maximum absolute atomic E-state index is 2.36. The van der Waals surface area contributed by atoms with Crippen LogP contribution in [0.4, 0.5) is 0 Å². The average molecular weight is 195 g/mol. The van der Waals surface area contributed by atoms with Crippen LogP contribution in [0, 0.1) is 5.92 Å². The van der Waals surface area contributed by atoms with E-state index in [-0.39, 0.29) is 0 Å². The van der Waals surface area contributed by atoms with Crippen molar-refractivity contribution in [3.05, 3.63) is 18.1 Å². The van der Waals surface area contributed by atoms with Crippen molar-refractivity contribution in [1.29, 1.82) is 0 Å². The topological polar surface area (TPSA) is 0 Å². The van der Waals surface area contributed by atoms with Crippen molar-refractivity contribution in [1.82, 2.24) is 0 Å². The van der Waals surface area contributed by atoms with Gasteiger partial charge in [0.25, 0.3) is 0 Å². The van der Waals surface area contributed by atoms with E-state index in [0.717, 1.165) is 0 Å². The monoisotopic (exact) mass is 195 g/mol. The van der Waals surface area contributed by atoms with Crippen LogP contribution >= 0.6 is 0 Å². The molecule has 0 aliphatic rings. The van der Waals surface area contributed by atoms with Crippen LogP contribution < -0.4 is 0 Å². The number of hydrogen-bond acceptors (Lipinski definition) is 0. The molecule has 0 aromatic rings. The van der Waals surface area contributed by atoms with E-state index in [4.69, 9.17) is 0 Å². The molecule has 0 bridgehead atoms. The van der Waals surface area contributed by atoms with Gasteiger partial charge in [-0.1, -0.05) is 52.2 Å². The van der Waals surface area contributed by atoms with Gasteiger partial charge in [0, 0.05) is 0 Å². The molecule has 0 saturated carbocycles. The Balaban J connectivity index is 3.04. The Morgan fingerprint density at radius 1 is 0.857 bits per heavy atom. The molecule has 1 radical (unpaired) electrons. The lowest BCUT2D eigenvalue weighted by Gasteiger charge is -2.00. The third-order valence-electron chi connectivity index (χ3n) is 2.44. The van der Waals surface area contributed by atoms with Gasteiger partial charge in [-0.3, -0.25) is 0 Å². The molecular formula is C14H27. The summed E-state index contributed by atoms with van der Waals surface area (Å²) in [5, 5.41) is 0. The van der Waals surface area contributed by atoms with E-state index in [9.17, 15) is 0 Å². The van der Waals surface area contributed by atoms with Gasteiger partial charge < -0.3 is 0 Å². The maximum Gasteiger partial charge on any atom is -0.0303 e. The van der Waals surface area contributed by atoms with Crippen LogP contribution in [-0.4, -0.2) is 0 Å². The van der Waals surface area contributed by atoms with E-state index in [0.29, 0.717) is 0 Å². The molecule has 0 amide bonds. The van der Waals surface area contributed by atoms with Gasteiger partial charge in [-0.25, -0.2) is 0 Å². The molecule has 0 heteroatoms. The SMILES string of the molecule is CCCCCCC=CCCC[C](C)C. The Morgan fingerprint density at radius 2 is 1.50 bits per heavy atom. The molecule has 0 nitrogen and oxygen atoms in total. The zero-order valence-corrected chi connectivity index (χ0v) is 10.3. The number of unbranched alkanes of at least 4 members (excludes halogenated alkanes) is 5. The molecule has 0 rings (SSSR count). The Morgan fingerprint density at radius 3 is 2.07 bits per heavy atom. The van der Waals surface area contributed by atoms with Gasteiger partial charge in [0.15, 0.2) is 0 Å². The van der Waals surface area contributed by atoms with Gasteiger partial charge in [-0.2, -0.15) is 0 Å². The van der Waals surface area contributed by atoms with Gasteiger partial charge in [0.2, 0.25) is 0 Å². The summed E-state index contributed by atoms with van der Waals surface area (Å²) < 4.78 is 0. The molecule has 83 valence electrons.